The first-order valence-corrected chi connectivity index (χ1v) is 9.42. The normalized spacial score (nSPS) is 11.0. The molecule has 0 bridgehead atoms. The van der Waals surface area contributed by atoms with Crippen LogP contribution in [0.1, 0.15) is 21.5 Å². The Kier molecular flexibility index (Phi) is 6.19. The van der Waals surface area contributed by atoms with Gasteiger partial charge in [0.1, 0.15) is 11.3 Å². The number of carbonyl (C=O) groups is 2. The number of esters is 1. The zero-order valence-corrected chi connectivity index (χ0v) is 15.9. The van der Waals surface area contributed by atoms with Gasteiger partial charge in [-0.3, -0.25) is 4.79 Å². The van der Waals surface area contributed by atoms with Crippen molar-refractivity contribution in [2.45, 2.75) is 18.7 Å². The number of carbonyl (C=O) groups excluding carboxylic acids is 2. The number of anilines is 1. The number of benzene rings is 2. The van der Waals surface area contributed by atoms with Gasteiger partial charge in [0, 0.05) is 5.69 Å². The van der Waals surface area contributed by atoms with E-state index in [1.54, 1.807) is 0 Å². The van der Waals surface area contributed by atoms with Gasteiger partial charge in [0.05, 0.1) is 12.0 Å². The van der Waals surface area contributed by atoms with Crippen LogP contribution in [0.3, 0.4) is 0 Å². The number of aryl methyl sites for hydroxylation is 2. The van der Waals surface area contributed by atoms with Gasteiger partial charge in [-0.05, 0) is 43.2 Å². The third-order valence-corrected chi connectivity index (χ3v) is 4.71. The van der Waals surface area contributed by atoms with Gasteiger partial charge < -0.3 is 14.8 Å². The molecule has 0 aliphatic carbocycles. The number of para-hydroxylation sites is 1. The van der Waals surface area contributed by atoms with E-state index in [1.165, 1.54) is 19.2 Å². The summed E-state index contributed by atoms with van der Waals surface area (Å²) in [7, 11) is -2.69. The van der Waals surface area contributed by atoms with Crippen molar-refractivity contribution in [3.05, 3.63) is 53.1 Å². The Morgan fingerprint density at radius 1 is 1.11 bits per heavy atom. The van der Waals surface area contributed by atoms with Gasteiger partial charge in [0.15, 0.2) is 6.61 Å². The summed E-state index contributed by atoms with van der Waals surface area (Å²) in [6.45, 7) is 3.14. The molecule has 144 valence electrons. The Bertz CT molecular complexity index is 965. The molecule has 27 heavy (non-hydrogen) atoms. The predicted octanol–water partition coefficient (Wildman–Crippen LogP) is 1.75. The lowest BCUT2D eigenvalue weighted by Crippen LogP contribution is -2.22. The van der Waals surface area contributed by atoms with Crippen LogP contribution < -0.4 is 15.2 Å². The van der Waals surface area contributed by atoms with Gasteiger partial charge in [-0.15, -0.1) is 0 Å². The summed E-state index contributed by atoms with van der Waals surface area (Å²) < 4.78 is 32.9. The Balaban J connectivity index is 2.12. The highest BCUT2D eigenvalue weighted by Crippen LogP contribution is 2.23. The molecule has 2 aromatic carbocycles. The fourth-order valence-corrected chi connectivity index (χ4v) is 2.96. The fraction of sp³-hybridized carbons (Fsp3) is 0.222. The number of rotatable bonds is 6. The number of methoxy groups -OCH3 is 1. The Morgan fingerprint density at radius 2 is 1.74 bits per heavy atom. The topological polar surface area (TPSA) is 125 Å². The van der Waals surface area contributed by atoms with E-state index in [0.717, 1.165) is 17.2 Å². The quantitative estimate of drug-likeness (QED) is 0.722. The van der Waals surface area contributed by atoms with E-state index in [-0.39, 0.29) is 16.2 Å². The highest BCUT2D eigenvalue weighted by atomic mass is 32.2. The van der Waals surface area contributed by atoms with Crippen LogP contribution in [0.4, 0.5) is 5.69 Å². The molecule has 0 aromatic heterocycles. The molecule has 8 nitrogen and oxygen atoms in total. The second-order valence-electron chi connectivity index (χ2n) is 5.80. The van der Waals surface area contributed by atoms with Crippen molar-refractivity contribution >= 4 is 27.6 Å². The Hall–Kier alpha value is -2.91. The number of amides is 1. The molecule has 0 aliphatic rings. The van der Waals surface area contributed by atoms with E-state index in [2.05, 4.69) is 5.32 Å². The standard InChI is InChI=1S/C18H20N2O6S/c1-11-5-4-6-12(2)17(11)20-16(21)10-26-18(22)14-9-13(27(19,23)24)7-8-15(14)25-3/h4-9H,10H2,1-3H3,(H,20,21)(H2,19,23,24). The number of nitrogens with two attached hydrogens (primary N) is 1. The molecular weight excluding hydrogens is 372 g/mol. The molecule has 3 N–H and O–H groups in total. The van der Waals surface area contributed by atoms with Crippen LogP contribution in [0, 0.1) is 13.8 Å². The summed E-state index contributed by atoms with van der Waals surface area (Å²) in [5.41, 5.74) is 2.24. The summed E-state index contributed by atoms with van der Waals surface area (Å²) in [4.78, 5) is 24.1. The molecule has 0 saturated heterocycles. The maximum absolute atomic E-state index is 12.3. The summed E-state index contributed by atoms with van der Waals surface area (Å²) in [5.74, 6) is -1.33. The minimum absolute atomic E-state index is 0.0996. The van der Waals surface area contributed by atoms with Crippen molar-refractivity contribution in [2.24, 2.45) is 5.14 Å². The van der Waals surface area contributed by atoms with Crippen LogP contribution in [-0.4, -0.2) is 34.0 Å². The minimum atomic E-state index is -4.01. The van der Waals surface area contributed by atoms with Crippen LogP contribution in [0.5, 0.6) is 5.75 Å². The largest absolute Gasteiger partial charge is 0.496 e. The van der Waals surface area contributed by atoms with E-state index in [0.29, 0.717) is 5.69 Å². The van der Waals surface area contributed by atoms with Gasteiger partial charge in [0.2, 0.25) is 10.0 Å². The maximum atomic E-state index is 12.3. The van der Waals surface area contributed by atoms with E-state index in [9.17, 15) is 18.0 Å². The molecule has 0 atom stereocenters. The molecule has 1 amide bonds. The first-order chi connectivity index (χ1) is 12.6. The van der Waals surface area contributed by atoms with Crippen molar-refractivity contribution in [2.75, 3.05) is 19.0 Å². The number of primary sulfonamides is 1. The number of nitrogens with one attached hydrogen (secondary N) is 1. The lowest BCUT2D eigenvalue weighted by atomic mass is 10.1. The van der Waals surface area contributed by atoms with Crippen LogP contribution in [0.25, 0.3) is 0 Å². The molecule has 0 saturated carbocycles. The number of hydrogen-bond acceptors (Lipinski definition) is 6. The third kappa shape index (κ3) is 5.05. The molecule has 0 unspecified atom stereocenters. The second-order valence-corrected chi connectivity index (χ2v) is 7.36. The zero-order valence-electron chi connectivity index (χ0n) is 15.1. The monoisotopic (exact) mass is 392 g/mol. The molecular formula is C18H20N2O6S. The summed E-state index contributed by atoms with van der Waals surface area (Å²) >= 11 is 0. The van der Waals surface area contributed by atoms with Crippen molar-refractivity contribution in [1.29, 1.82) is 0 Å². The highest BCUT2D eigenvalue weighted by molar-refractivity contribution is 7.89. The van der Waals surface area contributed by atoms with Crippen LogP contribution in [-0.2, 0) is 19.6 Å². The van der Waals surface area contributed by atoms with E-state index >= 15 is 0 Å². The van der Waals surface area contributed by atoms with Gasteiger partial charge in [-0.1, -0.05) is 18.2 Å². The van der Waals surface area contributed by atoms with Crippen molar-refractivity contribution < 1.29 is 27.5 Å². The van der Waals surface area contributed by atoms with Gasteiger partial charge in [-0.25, -0.2) is 18.4 Å². The van der Waals surface area contributed by atoms with Crippen LogP contribution in [0.2, 0.25) is 0 Å². The summed E-state index contributed by atoms with van der Waals surface area (Å²) in [6, 6.07) is 9.09. The predicted molar refractivity (Wildman–Crippen MR) is 99.2 cm³/mol. The number of ether oxygens (including phenoxy) is 2. The lowest BCUT2D eigenvalue weighted by Gasteiger charge is -2.12. The van der Waals surface area contributed by atoms with E-state index < -0.39 is 28.5 Å². The molecule has 0 spiro atoms. The first kappa shape index (κ1) is 20.4. The Labute approximate surface area is 157 Å². The maximum Gasteiger partial charge on any atom is 0.342 e. The average molecular weight is 392 g/mol. The molecule has 0 heterocycles. The van der Waals surface area contributed by atoms with Gasteiger partial charge >= 0.3 is 5.97 Å². The van der Waals surface area contributed by atoms with Crippen LogP contribution >= 0.6 is 0 Å². The molecule has 0 aliphatic heterocycles. The number of sulfonamides is 1. The molecule has 0 radical (unpaired) electrons. The fourth-order valence-electron chi connectivity index (χ4n) is 2.42. The second kappa shape index (κ2) is 8.19. The Morgan fingerprint density at radius 3 is 2.30 bits per heavy atom. The number of hydrogen-bond donors (Lipinski definition) is 2. The summed E-state index contributed by atoms with van der Waals surface area (Å²) in [6.07, 6.45) is 0. The molecule has 2 aromatic rings. The SMILES string of the molecule is COc1ccc(S(N)(=O)=O)cc1C(=O)OCC(=O)Nc1c(C)cccc1C. The third-order valence-electron chi connectivity index (χ3n) is 3.80. The van der Waals surface area contributed by atoms with Crippen molar-refractivity contribution in [3.8, 4) is 5.75 Å². The summed E-state index contributed by atoms with van der Waals surface area (Å²) in [5, 5.41) is 7.76. The first-order valence-electron chi connectivity index (χ1n) is 7.87. The van der Waals surface area contributed by atoms with Crippen LogP contribution in [0.15, 0.2) is 41.3 Å². The lowest BCUT2D eigenvalue weighted by molar-refractivity contribution is -0.119. The van der Waals surface area contributed by atoms with Crippen molar-refractivity contribution in [3.63, 3.8) is 0 Å². The minimum Gasteiger partial charge on any atom is -0.496 e. The average Bonchev–Trinajstić information content (AvgIpc) is 2.61. The van der Waals surface area contributed by atoms with E-state index in [1.807, 2.05) is 32.0 Å². The van der Waals surface area contributed by atoms with E-state index in [4.69, 9.17) is 14.6 Å². The highest BCUT2D eigenvalue weighted by Gasteiger charge is 2.19. The van der Waals surface area contributed by atoms with Gasteiger partial charge in [0.25, 0.3) is 5.91 Å². The zero-order chi connectivity index (χ0) is 20.2. The molecule has 0 fully saturated rings. The molecule has 9 heteroatoms. The molecule has 2 rings (SSSR count). The van der Waals surface area contributed by atoms with Crippen molar-refractivity contribution in [1.82, 2.24) is 0 Å². The smallest absolute Gasteiger partial charge is 0.342 e. The van der Waals surface area contributed by atoms with Gasteiger partial charge in [-0.2, -0.15) is 0 Å².